The molecule has 0 fully saturated rings. The molecule has 0 spiro atoms. The number of halogens is 2. The molecule has 0 aliphatic carbocycles. The van der Waals surface area contributed by atoms with Gasteiger partial charge in [0.05, 0.1) is 17.8 Å². The van der Waals surface area contributed by atoms with Gasteiger partial charge in [0.25, 0.3) is 0 Å². The van der Waals surface area contributed by atoms with Crippen LogP contribution in [0.4, 0.5) is 5.69 Å². The molecule has 18 heavy (non-hydrogen) atoms. The second-order valence-electron chi connectivity index (χ2n) is 3.86. The van der Waals surface area contributed by atoms with Crippen LogP contribution < -0.4 is 4.90 Å². The van der Waals surface area contributed by atoms with Crippen molar-refractivity contribution < 1.29 is 0 Å². The van der Waals surface area contributed by atoms with Crippen molar-refractivity contribution in [1.29, 1.82) is 5.26 Å². The maximum absolute atomic E-state index is 9.13. The SMILES string of the molecule is CN(Cc1cc(Br)cs1)c1cc(Br)ccc1C#N. The van der Waals surface area contributed by atoms with Crippen molar-refractivity contribution in [2.24, 2.45) is 0 Å². The zero-order valence-electron chi connectivity index (χ0n) is 9.65. The molecule has 0 saturated carbocycles. The molecule has 2 aromatic rings. The third-order valence-corrected chi connectivity index (χ3v) is 4.68. The van der Waals surface area contributed by atoms with Crippen LogP contribution >= 0.6 is 43.2 Å². The Balaban J connectivity index is 2.26. The first kappa shape index (κ1) is 13.6. The van der Waals surface area contributed by atoms with Crippen molar-refractivity contribution in [3.05, 3.63) is 49.0 Å². The van der Waals surface area contributed by atoms with E-state index in [1.54, 1.807) is 11.3 Å². The van der Waals surface area contributed by atoms with Crippen LogP contribution in [0.3, 0.4) is 0 Å². The zero-order valence-corrected chi connectivity index (χ0v) is 13.6. The molecule has 5 heteroatoms. The van der Waals surface area contributed by atoms with E-state index >= 15 is 0 Å². The fourth-order valence-electron chi connectivity index (χ4n) is 1.67. The van der Waals surface area contributed by atoms with E-state index in [-0.39, 0.29) is 0 Å². The molecule has 0 unspecified atom stereocenters. The van der Waals surface area contributed by atoms with Gasteiger partial charge in [-0.2, -0.15) is 5.26 Å². The van der Waals surface area contributed by atoms with Crippen LogP contribution in [0.2, 0.25) is 0 Å². The van der Waals surface area contributed by atoms with Crippen molar-refractivity contribution in [3.8, 4) is 6.07 Å². The van der Waals surface area contributed by atoms with E-state index in [4.69, 9.17) is 5.26 Å². The minimum absolute atomic E-state index is 0.691. The highest BCUT2D eigenvalue weighted by molar-refractivity contribution is 9.10. The number of anilines is 1. The standard InChI is InChI=1S/C13H10Br2N2S/c1-17(7-12-4-11(15)8-18-12)13-5-10(14)3-2-9(13)6-16/h2-5,8H,7H2,1H3. The first-order valence-electron chi connectivity index (χ1n) is 5.24. The molecule has 0 aliphatic heterocycles. The summed E-state index contributed by atoms with van der Waals surface area (Å²) in [5.74, 6) is 0. The molecule has 0 N–H and O–H groups in total. The molecule has 1 heterocycles. The summed E-state index contributed by atoms with van der Waals surface area (Å²) in [5.41, 5.74) is 1.63. The first-order valence-corrected chi connectivity index (χ1v) is 7.70. The number of hydrogen-bond acceptors (Lipinski definition) is 3. The monoisotopic (exact) mass is 384 g/mol. The highest BCUT2D eigenvalue weighted by Gasteiger charge is 2.09. The molecule has 0 radical (unpaired) electrons. The Morgan fingerprint density at radius 1 is 1.28 bits per heavy atom. The Hall–Kier alpha value is -0.830. The number of nitrogens with zero attached hydrogens (tertiary/aromatic N) is 2. The second-order valence-corrected chi connectivity index (χ2v) is 6.69. The quantitative estimate of drug-likeness (QED) is 0.759. The Morgan fingerprint density at radius 3 is 2.67 bits per heavy atom. The second kappa shape index (κ2) is 5.87. The van der Waals surface area contributed by atoms with E-state index in [2.05, 4.69) is 54.3 Å². The van der Waals surface area contributed by atoms with Gasteiger partial charge in [-0.05, 0) is 40.2 Å². The maximum atomic E-state index is 9.13. The lowest BCUT2D eigenvalue weighted by Gasteiger charge is -2.20. The topological polar surface area (TPSA) is 27.0 Å². The fourth-order valence-corrected chi connectivity index (χ4v) is 3.52. The summed E-state index contributed by atoms with van der Waals surface area (Å²) < 4.78 is 2.08. The summed E-state index contributed by atoms with van der Waals surface area (Å²) in [6.45, 7) is 0.793. The minimum atomic E-state index is 0.691. The van der Waals surface area contributed by atoms with Gasteiger partial charge >= 0.3 is 0 Å². The van der Waals surface area contributed by atoms with E-state index < -0.39 is 0 Å². The van der Waals surface area contributed by atoms with Crippen molar-refractivity contribution in [3.63, 3.8) is 0 Å². The highest BCUT2D eigenvalue weighted by Crippen LogP contribution is 2.27. The van der Waals surface area contributed by atoms with Gasteiger partial charge in [0.1, 0.15) is 6.07 Å². The summed E-state index contributed by atoms with van der Waals surface area (Å²) in [6, 6.07) is 10.0. The van der Waals surface area contributed by atoms with Crippen molar-refractivity contribution in [1.82, 2.24) is 0 Å². The summed E-state index contributed by atoms with van der Waals surface area (Å²) in [5, 5.41) is 11.2. The van der Waals surface area contributed by atoms with Gasteiger partial charge < -0.3 is 4.90 Å². The lowest BCUT2D eigenvalue weighted by molar-refractivity contribution is 0.937. The molecule has 92 valence electrons. The van der Waals surface area contributed by atoms with Crippen molar-refractivity contribution in [2.75, 3.05) is 11.9 Å². The molecule has 0 bridgehead atoms. The number of nitriles is 1. The summed E-state index contributed by atoms with van der Waals surface area (Å²) >= 11 is 8.60. The van der Waals surface area contributed by atoms with E-state index in [1.807, 2.05) is 25.2 Å². The molecule has 0 atom stereocenters. The average molecular weight is 386 g/mol. The Kier molecular flexibility index (Phi) is 4.44. The predicted molar refractivity (Wildman–Crippen MR) is 83.0 cm³/mol. The summed E-state index contributed by atoms with van der Waals surface area (Å²) in [4.78, 5) is 3.34. The van der Waals surface area contributed by atoms with Gasteiger partial charge in [-0.1, -0.05) is 15.9 Å². The van der Waals surface area contributed by atoms with Crippen LogP contribution in [-0.2, 0) is 6.54 Å². The van der Waals surface area contributed by atoms with Crippen LogP contribution in [0.5, 0.6) is 0 Å². The van der Waals surface area contributed by atoms with Gasteiger partial charge in [-0.3, -0.25) is 0 Å². The fraction of sp³-hybridized carbons (Fsp3) is 0.154. The van der Waals surface area contributed by atoms with Gasteiger partial charge in [0.15, 0.2) is 0 Å². The average Bonchev–Trinajstić information content (AvgIpc) is 2.74. The first-order chi connectivity index (χ1) is 8.60. The molecule has 1 aromatic heterocycles. The number of hydrogen-bond donors (Lipinski definition) is 0. The minimum Gasteiger partial charge on any atom is -0.368 e. The Morgan fingerprint density at radius 2 is 2.06 bits per heavy atom. The molecule has 0 aliphatic rings. The molecular formula is C13H10Br2N2S. The number of thiophene rings is 1. The van der Waals surface area contributed by atoms with Crippen LogP contribution in [-0.4, -0.2) is 7.05 Å². The Labute approximate surface area is 127 Å². The predicted octanol–water partition coefficient (Wildman–Crippen LogP) is 4.78. The molecule has 0 saturated heterocycles. The van der Waals surface area contributed by atoms with Crippen LogP contribution in [0.25, 0.3) is 0 Å². The van der Waals surface area contributed by atoms with E-state index in [9.17, 15) is 0 Å². The third-order valence-electron chi connectivity index (χ3n) is 2.51. The van der Waals surface area contributed by atoms with Gasteiger partial charge in [-0.15, -0.1) is 11.3 Å². The third kappa shape index (κ3) is 3.14. The number of benzene rings is 1. The van der Waals surface area contributed by atoms with Crippen molar-refractivity contribution in [2.45, 2.75) is 6.54 Å². The van der Waals surface area contributed by atoms with E-state index in [0.29, 0.717) is 5.56 Å². The van der Waals surface area contributed by atoms with Gasteiger partial charge in [-0.25, -0.2) is 0 Å². The normalized spacial score (nSPS) is 10.1. The summed E-state index contributed by atoms with van der Waals surface area (Å²) in [6.07, 6.45) is 0. The van der Waals surface area contributed by atoms with Crippen LogP contribution in [0, 0.1) is 11.3 Å². The van der Waals surface area contributed by atoms with Gasteiger partial charge in [0.2, 0.25) is 0 Å². The van der Waals surface area contributed by atoms with Gasteiger partial charge in [0, 0.05) is 26.3 Å². The molecule has 2 rings (SSSR count). The summed E-state index contributed by atoms with van der Waals surface area (Å²) in [7, 11) is 2.00. The molecule has 1 aromatic carbocycles. The molecule has 2 nitrogen and oxygen atoms in total. The lowest BCUT2D eigenvalue weighted by Crippen LogP contribution is -2.16. The largest absolute Gasteiger partial charge is 0.368 e. The van der Waals surface area contributed by atoms with Crippen LogP contribution in [0.1, 0.15) is 10.4 Å². The maximum Gasteiger partial charge on any atom is 0.101 e. The number of rotatable bonds is 3. The van der Waals surface area contributed by atoms with Crippen LogP contribution in [0.15, 0.2) is 38.6 Å². The van der Waals surface area contributed by atoms with Crippen molar-refractivity contribution >= 4 is 48.9 Å². The highest BCUT2D eigenvalue weighted by atomic mass is 79.9. The Bertz CT molecular complexity index is 601. The smallest absolute Gasteiger partial charge is 0.101 e. The van der Waals surface area contributed by atoms with E-state index in [0.717, 1.165) is 21.2 Å². The van der Waals surface area contributed by atoms with E-state index in [1.165, 1.54) is 4.88 Å². The zero-order chi connectivity index (χ0) is 13.1. The molecular weight excluding hydrogens is 376 g/mol. The molecule has 0 amide bonds. The lowest BCUT2D eigenvalue weighted by atomic mass is 10.2.